The highest BCUT2D eigenvalue weighted by Crippen LogP contribution is 2.29. The molecule has 0 atom stereocenters. The van der Waals surface area contributed by atoms with Crippen LogP contribution < -0.4 is 9.86 Å². The third-order valence-electron chi connectivity index (χ3n) is 2.95. The summed E-state index contributed by atoms with van der Waals surface area (Å²) in [5.74, 6) is 0.641. The van der Waals surface area contributed by atoms with E-state index in [0.717, 1.165) is 17.0 Å². The normalized spacial score (nSPS) is 11.9. The lowest BCUT2D eigenvalue weighted by Crippen LogP contribution is -2.15. The number of sulfonamides is 2. The average Bonchev–Trinajstić information content (AvgIpc) is 2.53. The van der Waals surface area contributed by atoms with Gasteiger partial charge in [0.2, 0.25) is 10.0 Å². The molecule has 0 fully saturated rings. The summed E-state index contributed by atoms with van der Waals surface area (Å²) in [7, 11) is -7.72. The first kappa shape index (κ1) is 18.5. The zero-order chi connectivity index (χ0) is 17.8. The largest absolute Gasteiger partial charge is 0.278 e. The molecule has 0 unspecified atom stereocenters. The first-order chi connectivity index (χ1) is 11.2. The summed E-state index contributed by atoms with van der Waals surface area (Å²) in [6.07, 6.45) is 1.72. The van der Waals surface area contributed by atoms with Gasteiger partial charge in [-0.25, -0.2) is 22.0 Å². The van der Waals surface area contributed by atoms with E-state index in [0.29, 0.717) is 11.4 Å². The van der Waals surface area contributed by atoms with Gasteiger partial charge in [0, 0.05) is 10.6 Å². The molecule has 24 heavy (non-hydrogen) atoms. The van der Waals surface area contributed by atoms with Gasteiger partial charge in [0.25, 0.3) is 10.0 Å². The molecule has 0 saturated heterocycles. The molecule has 0 aliphatic rings. The van der Waals surface area contributed by atoms with Crippen LogP contribution in [0.1, 0.15) is 0 Å². The molecule has 0 spiro atoms. The minimum Gasteiger partial charge on any atom is -0.278 e. The summed E-state index contributed by atoms with van der Waals surface area (Å²) < 4.78 is 49.9. The van der Waals surface area contributed by atoms with Crippen LogP contribution in [-0.4, -0.2) is 22.6 Å². The number of para-hydroxylation sites is 1. The molecule has 128 valence electrons. The quantitative estimate of drug-likeness (QED) is 0.563. The fourth-order valence-electron chi connectivity index (χ4n) is 1.84. The second kappa shape index (κ2) is 7.39. The number of hydrogen-bond donors (Lipinski definition) is 2. The van der Waals surface area contributed by atoms with Crippen molar-refractivity contribution in [2.45, 2.75) is 14.7 Å². The van der Waals surface area contributed by atoms with Gasteiger partial charge in [-0.2, -0.15) is 0 Å². The first-order valence-electron chi connectivity index (χ1n) is 6.72. The van der Waals surface area contributed by atoms with E-state index >= 15 is 0 Å². The van der Waals surface area contributed by atoms with Gasteiger partial charge in [-0.15, -0.1) is 18.3 Å². The Kier molecular flexibility index (Phi) is 5.70. The van der Waals surface area contributed by atoms with Crippen molar-refractivity contribution >= 4 is 37.5 Å². The monoisotopic (exact) mass is 384 g/mol. The highest BCUT2D eigenvalue weighted by Gasteiger charge is 2.17. The summed E-state index contributed by atoms with van der Waals surface area (Å²) in [6, 6.07) is 11.7. The van der Waals surface area contributed by atoms with Crippen molar-refractivity contribution in [1.29, 1.82) is 0 Å². The number of rotatable bonds is 7. The molecule has 0 aliphatic carbocycles. The fourth-order valence-corrected chi connectivity index (χ4v) is 4.24. The van der Waals surface area contributed by atoms with Crippen molar-refractivity contribution in [3.8, 4) is 0 Å². The number of nitrogens with two attached hydrogens (primary N) is 1. The van der Waals surface area contributed by atoms with Gasteiger partial charge in [-0.05, 0) is 36.4 Å². The van der Waals surface area contributed by atoms with Crippen LogP contribution in [0.25, 0.3) is 0 Å². The Morgan fingerprint density at radius 3 is 2.17 bits per heavy atom. The first-order valence-corrected chi connectivity index (χ1v) is 10.7. The van der Waals surface area contributed by atoms with E-state index in [-0.39, 0.29) is 9.79 Å². The fraction of sp³-hybridized carbons (Fsp3) is 0.0667. The van der Waals surface area contributed by atoms with E-state index in [2.05, 4.69) is 11.3 Å². The lowest BCUT2D eigenvalue weighted by molar-refractivity contribution is 0.595. The van der Waals surface area contributed by atoms with Crippen LogP contribution in [0.15, 0.2) is 75.9 Å². The summed E-state index contributed by atoms with van der Waals surface area (Å²) in [5, 5.41) is 5.00. The zero-order valence-corrected chi connectivity index (χ0v) is 15.0. The molecule has 2 aromatic rings. The van der Waals surface area contributed by atoms with Crippen LogP contribution >= 0.6 is 11.8 Å². The van der Waals surface area contributed by atoms with Gasteiger partial charge in [-0.1, -0.05) is 18.2 Å². The van der Waals surface area contributed by atoms with Crippen LogP contribution in [0, 0.1) is 0 Å². The number of primary sulfonamides is 1. The van der Waals surface area contributed by atoms with E-state index in [1.165, 1.54) is 23.9 Å². The Bertz CT molecular complexity index is 937. The van der Waals surface area contributed by atoms with Gasteiger partial charge in [0.15, 0.2) is 0 Å². The van der Waals surface area contributed by atoms with Gasteiger partial charge < -0.3 is 0 Å². The number of benzene rings is 2. The smallest absolute Gasteiger partial charge is 0.261 e. The number of anilines is 1. The Morgan fingerprint density at radius 1 is 1.00 bits per heavy atom. The maximum Gasteiger partial charge on any atom is 0.261 e. The summed E-state index contributed by atoms with van der Waals surface area (Å²) in [6.45, 7) is 3.64. The lowest BCUT2D eigenvalue weighted by Gasteiger charge is -2.12. The molecule has 2 aromatic carbocycles. The van der Waals surface area contributed by atoms with E-state index in [1.807, 2.05) is 6.07 Å². The van der Waals surface area contributed by atoms with E-state index in [1.54, 1.807) is 24.3 Å². The Labute approximate surface area is 145 Å². The number of thioether (sulfide) groups is 1. The van der Waals surface area contributed by atoms with Crippen molar-refractivity contribution in [3.05, 3.63) is 61.2 Å². The minimum absolute atomic E-state index is 0.0570. The molecule has 2 rings (SSSR count). The van der Waals surface area contributed by atoms with Gasteiger partial charge >= 0.3 is 0 Å². The highest BCUT2D eigenvalue weighted by molar-refractivity contribution is 7.99. The molecule has 0 saturated carbocycles. The van der Waals surface area contributed by atoms with Gasteiger partial charge in [0.05, 0.1) is 15.5 Å². The molecule has 0 heterocycles. The Morgan fingerprint density at radius 2 is 1.58 bits per heavy atom. The molecule has 6 nitrogen and oxygen atoms in total. The average molecular weight is 385 g/mol. The van der Waals surface area contributed by atoms with Crippen LogP contribution in [0.3, 0.4) is 0 Å². The van der Waals surface area contributed by atoms with Crippen molar-refractivity contribution in [2.75, 3.05) is 10.5 Å². The molecule has 9 heteroatoms. The maximum atomic E-state index is 12.5. The van der Waals surface area contributed by atoms with E-state index < -0.39 is 20.0 Å². The van der Waals surface area contributed by atoms with Crippen molar-refractivity contribution < 1.29 is 16.8 Å². The maximum absolute atomic E-state index is 12.5. The Balaban J connectivity index is 2.30. The summed E-state index contributed by atoms with van der Waals surface area (Å²) in [5.41, 5.74) is 0.444. The molecule has 0 aromatic heterocycles. The SMILES string of the molecule is C=CCSc1ccccc1NS(=O)(=O)c1ccc(S(N)(=O)=O)cc1. The Hall–Kier alpha value is -1.81. The third-order valence-corrected chi connectivity index (χ3v) is 6.33. The van der Waals surface area contributed by atoms with Gasteiger partial charge in [0.1, 0.15) is 0 Å². The van der Waals surface area contributed by atoms with E-state index in [4.69, 9.17) is 5.14 Å². The molecule has 3 N–H and O–H groups in total. The molecule has 0 aliphatic heterocycles. The van der Waals surface area contributed by atoms with Gasteiger partial charge in [-0.3, -0.25) is 4.72 Å². The molecular weight excluding hydrogens is 368 g/mol. The summed E-state index contributed by atoms with van der Waals surface area (Å²) in [4.78, 5) is 0.559. The van der Waals surface area contributed by atoms with Crippen molar-refractivity contribution in [1.82, 2.24) is 0 Å². The summed E-state index contributed by atoms with van der Waals surface area (Å²) >= 11 is 1.45. The predicted octanol–water partition coefficient (Wildman–Crippen LogP) is 2.41. The molecule has 0 radical (unpaired) electrons. The molecule has 0 bridgehead atoms. The predicted molar refractivity (Wildman–Crippen MR) is 96.0 cm³/mol. The topological polar surface area (TPSA) is 106 Å². The molecule has 0 amide bonds. The number of nitrogens with one attached hydrogen (secondary N) is 1. The van der Waals surface area contributed by atoms with Crippen LogP contribution in [-0.2, 0) is 20.0 Å². The van der Waals surface area contributed by atoms with Crippen LogP contribution in [0.5, 0.6) is 0 Å². The van der Waals surface area contributed by atoms with Crippen molar-refractivity contribution in [2.24, 2.45) is 5.14 Å². The third kappa shape index (κ3) is 4.60. The van der Waals surface area contributed by atoms with Crippen LogP contribution in [0.2, 0.25) is 0 Å². The second-order valence-electron chi connectivity index (χ2n) is 4.72. The number of hydrogen-bond acceptors (Lipinski definition) is 5. The highest BCUT2D eigenvalue weighted by atomic mass is 32.2. The second-order valence-corrected chi connectivity index (χ2v) is 9.02. The molecular formula is C15H16N2O4S3. The van der Waals surface area contributed by atoms with Crippen molar-refractivity contribution in [3.63, 3.8) is 0 Å². The van der Waals surface area contributed by atoms with Crippen LogP contribution in [0.4, 0.5) is 5.69 Å². The minimum atomic E-state index is -3.87. The van der Waals surface area contributed by atoms with E-state index in [9.17, 15) is 16.8 Å². The zero-order valence-electron chi connectivity index (χ0n) is 12.5. The standard InChI is InChI=1S/C15H16N2O4S3/c1-2-11-22-15-6-4-3-5-14(15)17-24(20,21)13-9-7-12(8-10-13)23(16,18)19/h2-10,17H,1,11H2,(H2,16,18,19). The lowest BCUT2D eigenvalue weighted by atomic mass is 10.3.